The monoisotopic (exact) mass is 514 g/mol. The second-order valence-corrected chi connectivity index (χ2v) is 10.2. The third-order valence-corrected chi connectivity index (χ3v) is 7.48. The third-order valence-electron chi connectivity index (χ3n) is 7.48. The SMILES string of the molecule is COCC1CN(Cc2cc(C(CC(=O)O)c3ccc4c(nnn4C)c3C)ccc2C)Cc2ccccc2O1. The molecule has 4 aromatic rings. The van der Waals surface area contributed by atoms with Crippen molar-refractivity contribution in [1.82, 2.24) is 19.9 Å². The van der Waals surface area contributed by atoms with Gasteiger partial charge in [0.25, 0.3) is 0 Å². The van der Waals surface area contributed by atoms with E-state index < -0.39 is 5.97 Å². The summed E-state index contributed by atoms with van der Waals surface area (Å²) in [6.45, 7) is 6.83. The van der Waals surface area contributed by atoms with Gasteiger partial charge in [0.15, 0.2) is 0 Å². The van der Waals surface area contributed by atoms with E-state index >= 15 is 0 Å². The van der Waals surface area contributed by atoms with Gasteiger partial charge in [-0.3, -0.25) is 9.69 Å². The van der Waals surface area contributed by atoms with Crippen LogP contribution in [0.2, 0.25) is 0 Å². The number of methoxy groups -OCH3 is 1. The Balaban J connectivity index is 1.49. The lowest BCUT2D eigenvalue weighted by molar-refractivity contribution is -0.137. The summed E-state index contributed by atoms with van der Waals surface area (Å²) < 4.78 is 13.4. The molecule has 2 atom stereocenters. The summed E-state index contributed by atoms with van der Waals surface area (Å²) in [7, 11) is 3.56. The van der Waals surface area contributed by atoms with Crippen LogP contribution in [0.1, 0.15) is 45.7 Å². The van der Waals surface area contributed by atoms with Crippen LogP contribution in [0.4, 0.5) is 0 Å². The zero-order chi connectivity index (χ0) is 26.8. The van der Waals surface area contributed by atoms with Crippen LogP contribution in [0.25, 0.3) is 11.0 Å². The van der Waals surface area contributed by atoms with E-state index in [4.69, 9.17) is 9.47 Å². The first-order valence-corrected chi connectivity index (χ1v) is 12.9. The van der Waals surface area contributed by atoms with Crippen molar-refractivity contribution < 1.29 is 19.4 Å². The first-order valence-electron chi connectivity index (χ1n) is 12.9. The molecule has 198 valence electrons. The van der Waals surface area contributed by atoms with Crippen LogP contribution in [0.3, 0.4) is 0 Å². The maximum Gasteiger partial charge on any atom is 0.304 e. The number of carboxylic acids is 1. The van der Waals surface area contributed by atoms with Gasteiger partial charge in [0.1, 0.15) is 17.4 Å². The number of aromatic nitrogens is 3. The van der Waals surface area contributed by atoms with E-state index in [9.17, 15) is 9.90 Å². The van der Waals surface area contributed by atoms with Gasteiger partial charge in [-0.1, -0.05) is 47.7 Å². The molecule has 1 aromatic heterocycles. The molecule has 0 amide bonds. The number of rotatable bonds is 8. The summed E-state index contributed by atoms with van der Waals surface area (Å²) in [6.07, 6.45) is -0.0797. The number of hydrogen-bond donors (Lipinski definition) is 1. The molecule has 0 fully saturated rings. The Bertz CT molecular complexity index is 1460. The average molecular weight is 515 g/mol. The van der Waals surface area contributed by atoms with Crippen molar-refractivity contribution in [3.05, 3.63) is 88.0 Å². The second-order valence-electron chi connectivity index (χ2n) is 10.2. The molecule has 0 aliphatic carbocycles. The van der Waals surface area contributed by atoms with Gasteiger partial charge in [-0.05, 0) is 53.8 Å². The minimum absolute atomic E-state index is 0.00402. The molecule has 0 saturated carbocycles. The molecule has 8 nitrogen and oxygen atoms in total. The highest BCUT2D eigenvalue weighted by molar-refractivity contribution is 5.80. The number of para-hydroxylation sites is 1. The van der Waals surface area contributed by atoms with Gasteiger partial charge in [-0.15, -0.1) is 5.10 Å². The van der Waals surface area contributed by atoms with E-state index in [0.29, 0.717) is 6.61 Å². The molecule has 5 rings (SSSR count). The zero-order valence-electron chi connectivity index (χ0n) is 22.3. The summed E-state index contributed by atoms with van der Waals surface area (Å²) >= 11 is 0. The van der Waals surface area contributed by atoms with Gasteiger partial charge >= 0.3 is 5.97 Å². The molecule has 3 aromatic carbocycles. The smallest absolute Gasteiger partial charge is 0.304 e. The van der Waals surface area contributed by atoms with E-state index in [1.807, 2.05) is 44.3 Å². The fourth-order valence-corrected chi connectivity index (χ4v) is 5.48. The average Bonchev–Trinajstić information content (AvgIpc) is 3.17. The highest BCUT2D eigenvalue weighted by Crippen LogP contribution is 2.35. The van der Waals surface area contributed by atoms with Gasteiger partial charge in [-0.2, -0.15) is 0 Å². The Hall–Kier alpha value is -3.75. The molecule has 0 bridgehead atoms. The van der Waals surface area contributed by atoms with Gasteiger partial charge < -0.3 is 14.6 Å². The summed E-state index contributed by atoms with van der Waals surface area (Å²) in [5, 5.41) is 18.3. The fraction of sp³-hybridized carbons (Fsp3) is 0.367. The first-order chi connectivity index (χ1) is 18.3. The lowest BCUT2D eigenvalue weighted by Gasteiger charge is -2.25. The van der Waals surface area contributed by atoms with Gasteiger partial charge in [-0.25, -0.2) is 4.68 Å². The van der Waals surface area contributed by atoms with Gasteiger partial charge in [0, 0.05) is 45.3 Å². The molecule has 2 heterocycles. The van der Waals surface area contributed by atoms with Crippen molar-refractivity contribution in [1.29, 1.82) is 0 Å². The summed E-state index contributed by atoms with van der Waals surface area (Å²) in [4.78, 5) is 14.4. The molecule has 0 saturated heterocycles. The third kappa shape index (κ3) is 5.28. The highest BCUT2D eigenvalue weighted by Gasteiger charge is 2.25. The zero-order valence-corrected chi connectivity index (χ0v) is 22.3. The normalized spacial score (nSPS) is 16.6. The van der Waals surface area contributed by atoms with Crippen LogP contribution in [0.15, 0.2) is 54.6 Å². The first kappa shape index (κ1) is 25.9. The van der Waals surface area contributed by atoms with E-state index in [2.05, 4.69) is 46.4 Å². The quantitative estimate of drug-likeness (QED) is 0.368. The van der Waals surface area contributed by atoms with Crippen LogP contribution in [0.5, 0.6) is 5.75 Å². The Morgan fingerprint density at radius 1 is 1.18 bits per heavy atom. The van der Waals surface area contributed by atoms with Crippen LogP contribution in [-0.4, -0.2) is 57.3 Å². The van der Waals surface area contributed by atoms with Gasteiger partial charge in [0.2, 0.25) is 0 Å². The molecule has 1 aliphatic rings. The van der Waals surface area contributed by atoms with Crippen LogP contribution in [-0.2, 0) is 29.7 Å². The Morgan fingerprint density at radius 2 is 2.00 bits per heavy atom. The van der Waals surface area contributed by atoms with Crippen molar-refractivity contribution >= 4 is 17.0 Å². The molecular formula is C30H34N4O4. The number of aryl methyl sites for hydroxylation is 3. The predicted octanol–water partition coefficient (Wildman–Crippen LogP) is 4.60. The van der Waals surface area contributed by atoms with E-state index in [1.165, 1.54) is 11.1 Å². The summed E-state index contributed by atoms with van der Waals surface area (Å²) in [5.41, 5.74) is 8.15. The standard InChI is InChI=1S/C30H34N4O4/c1-19-9-10-21(26(14-29(35)36)25-11-12-27-30(20(25)2)31-32-33(27)3)13-23(19)16-34-15-22-7-5-6-8-28(22)38-24(17-34)18-37-4/h5-13,24,26H,14-18H2,1-4H3,(H,35,36). The number of hydrogen-bond acceptors (Lipinski definition) is 6. The number of benzene rings is 3. The minimum atomic E-state index is -0.834. The number of carboxylic acid groups (broad SMARTS) is 1. The van der Waals surface area contributed by atoms with Crippen molar-refractivity contribution in [2.45, 2.75) is 45.4 Å². The minimum Gasteiger partial charge on any atom is -0.486 e. The summed E-state index contributed by atoms with van der Waals surface area (Å²) in [6, 6.07) is 18.5. The molecule has 38 heavy (non-hydrogen) atoms. The second kappa shape index (κ2) is 10.9. The number of nitrogens with zero attached hydrogens (tertiary/aromatic N) is 4. The van der Waals surface area contributed by atoms with Crippen LogP contribution in [0, 0.1) is 13.8 Å². The number of fused-ring (bicyclic) bond motifs is 2. The Morgan fingerprint density at radius 3 is 2.79 bits per heavy atom. The van der Waals surface area contributed by atoms with Crippen molar-refractivity contribution in [3.8, 4) is 5.75 Å². The number of aliphatic carboxylic acids is 1. The summed E-state index contributed by atoms with van der Waals surface area (Å²) in [5.74, 6) is -0.230. The Kier molecular flexibility index (Phi) is 7.44. The van der Waals surface area contributed by atoms with Gasteiger partial charge in [0.05, 0.1) is 18.5 Å². The predicted molar refractivity (Wildman–Crippen MR) is 145 cm³/mol. The van der Waals surface area contributed by atoms with Crippen molar-refractivity contribution in [2.24, 2.45) is 7.05 Å². The topological polar surface area (TPSA) is 89.7 Å². The lowest BCUT2D eigenvalue weighted by Crippen LogP contribution is -2.35. The fourth-order valence-electron chi connectivity index (χ4n) is 5.48. The molecule has 2 unspecified atom stereocenters. The molecule has 8 heteroatoms. The highest BCUT2D eigenvalue weighted by atomic mass is 16.5. The largest absolute Gasteiger partial charge is 0.486 e. The molecule has 1 N–H and O–H groups in total. The maximum absolute atomic E-state index is 12.0. The van der Waals surface area contributed by atoms with E-state index in [1.54, 1.807) is 11.8 Å². The van der Waals surface area contributed by atoms with E-state index in [-0.39, 0.29) is 18.4 Å². The lowest BCUT2D eigenvalue weighted by atomic mass is 9.84. The molecule has 1 aliphatic heterocycles. The number of carbonyl (C=O) groups is 1. The number of ether oxygens (including phenoxy) is 2. The van der Waals surface area contributed by atoms with Crippen LogP contribution < -0.4 is 4.74 Å². The van der Waals surface area contributed by atoms with E-state index in [0.717, 1.165) is 58.7 Å². The Labute approximate surface area is 222 Å². The molecule has 0 radical (unpaired) electrons. The molecule has 0 spiro atoms. The van der Waals surface area contributed by atoms with Crippen molar-refractivity contribution in [2.75, 3.05) is 20.3 Å². The van der Waals surface area contributed by atoms with Crippen molar-refractivity contribution in [3.63, 3.8) is 0 Å². The van der Waals surface area contributed by atoms with Crippen LogP contribution >= 0.6 is 0 Å². The molecular weight excluding hydrogens is 480 g/mol. The maximum atomic E-state index is 12.0.